The summed E-state index contributed by atoms with van der Waals surface area (Å²) in [7, 11) is 1.83. The number of hydrogen-bond donors (Lipinski definition) is 2. The lowest BCUT2D eigenvalue weighted by Gasteiger charge is -2.10. The minimum absolute atomic E-state index is 0.0666. The van der Waals surface area contributed by atoms with Crippen molar-refractivity contribution in [3.63, 3.8) is 0 Å². The molecule has 23 heavy (non-hydrogen) atoms. The number of hydrogen-bond acceptors (Lipinski definition) is 3. The van der Waals surface area contributed by atoms with Crippen LogP contribution < -0.4 is 16.3 Å². The summed E-state index contributed by atoms with van der Waals surface area (Å²) < 4.78 is 3.39. The lowest BCUT2D eigenvalue weighted by Crippen LogP contribution is -2.36. The zero-order valence-electron chi connectivity index (χ0n) is 13.7. The summed E-state index contributed by atoms with van der Waals surface area (Å²) in [6.45, 7) is 5.77. The standard InChI is InChI=1S/C16H21N5OS/c1-11(2)18-16(23)19-17-10-14-12(3)15(22)21(20(14)4)13-8-6-5-7-9-13/h5-11H,1-4H3,(H2,18,19,23)/b17-10-. The summed E-state index contributed by atoms with van der Waals surface area (Å²) in [5, 5.41) is 7.59. The summed E-state index contributed by atoms with van der Waals surface area (Å²) in [6, 6.07) is 9.73. The molecular weight excluding hydrogens is 310 g/mol. The average molecular weight is 331 g/mol. The summed E-state index contributed by atoms with van der Waals surface area (Å²) in [4.78, 5) is 12.5. The highest BCUT2D eigenvalue weighted by molar-refractivity contribution is 7.80. The Morgan fingerprint density at radius 1 is 1.30 bits per heavy atom. The predicted molar refractivity (Wildman–Crippen MR) is 97.3 cm³/mol. The molecule has 122 valence electrons. The smallest absolute Gasteiger partial charge is 0.274 e. The van der Waals surface area contributed by atoms with Crippen LogP contribution in [0.4, 0.5) is 0 Å². The molecule has 1 heterocycles. The zero-order chi connectivity index (χ0) is 17.0. The Balaban J connectivity index is 2.28. The fourth-order valence-corrected chi connectivity index (χ4v) is 2.53. The van der Waals surface area contributed by atoms with E-state index in [2.05, 4.69) is 15.8 Å². The average Bonchev–Trinajstić information content (AvgIpc) is 2.71. The van der Waals surface area contributed by atoms with Crippen molar-refractivity contribution < 1.29 is 0 Å². The Bertz CT molecular complexity index is 774. The number of para-hydroxylation sites is 1. The van der Waals surface area contributed by atoms with Crippen LogP contribution in [0.15, 0.2) is 40.2 Å². The second-order valence-electron chi connectivity index (χ2n) is 5.48. The molecule has 0 aliphatic heterocycles. The van der Waals surface area contributed by atoms with Crippen molar-refractivity contribution in [3.8, 4) is 5.69 Å². The van der Waals surface area contributed by atoms with Gasteiger partial charge in [-0.05, 0) is 45.1 Å². The van der Waals surface area contributed by atoms with Crippen molar-refractivity contribution in [2.75, 3.05) is 0 Å². The molecule has 6 nitrogen and oxygen atoms in total. The van der Waals surface area contributed by atoms with Crippen LogP contribution >= 0.6 is 12.2 Å². The summed E-state index contributed by atoms with van der Waals surface area (Å²) in [5.41, 5.74) is 4.85. The topological polar surface area (TPSA) is 63.4 Å². The van der Waals surface area contributed by atoms with Crippen molar-refractivity contribution in [2.24, 2.45) is 12.1 Å². The zero-order valence-corrected chi connectivity index (χ0v) is 14.5. The van der Waals surface area contributed by atoms with E-state index in [-0.39, 0.29) is 11.6 Å². The molecule has 7 heteroatoms. The molecule has 0 radical (unpaired) electrons. The predicted octanol–water partition coefficient (Wildman–Crippen LogP) is 1.69. The summed E-state index contributed by atoms with van der Waals surface area (Å²) in [5.74, 6) is 0. The third-order valence-electron chi connectivity index (χ3n) is 3.32. The maximum atomic E-state index is 12.5. The molecule has 2 aromatic rings. The van der Waals surface area contributed by atoms with E-state index in [1.807, 2.05) is 51.2 Å². The van der Waals surface area contributed by atoms with Crippen molar-refractivity contribution >= 4 is 23.5 Å². The van der Waals surface area contributed by atoms with Crippen LogP contribution in [-0.4, -0.2) is 26.7 Å². The molecular formula is C16H21N5OS. The molecule has 0 spiro atoms. The maximum absolute atomic E-state index is 12.5. The van der Waals surface area contributed by atoms with Crippen LogP contribution in [0.5, 0.6) is 0 Å². The molecule has 0 atom stereocenters. The van der Waals surface area contributed by atoms with Crippen LogP contribution in [0.1, 0.15) is 25.1 Å². The number of benzene rings is 1. The van der Waals surface area contributed by atoms with E-state index >= 15 is 0 Å². The normalized spacial score (nSPS) is 11.2. The molecule has 1 aromatic carbocycles. The highest BCUT2D eigenvalue weighted by Crippen LogP contribution is 2.08. The van der Waals surface area contributed by atoms with Gasteiger partial charge in [-0.3, -0.25) is 14.9 Å². The van der Waals surface area contributed by atoms with Crippen molar-refractivity contribution in [1.29, 1.82) is 0 Å². The Kier molecular flexibility index (Phi) is 5.33. The molecule has 0 bridgehead atoms. The van der Waals surface area contributed by atoms with E-state index in [0.717, 1.165) is 11.4 Å². The van der Waals surface area contributed by atoms with Gasteiger partial charge in [0.15, 0.2) is 5.11 Å². The fourth-order valence-electron chi connectivity index (χ4n) is 2.24. The fraction of sp³-hybridized carbons (Fsp3) is 0.312. The molecule has 1 aromatic heterocycles. The third-order valence-corrected chi connectivity index (χ3v) is 3.53. The Hall–Kier alpha value is -2.41. The monoisotopic (exact) mass is 331 g/mol. The minimum Gasteiger partial charge on any atom is -0.359 e. The number of nitrogens with zero attached hydrogens (tertiary/aromatic N) is 3. The van der Waals surface area contributed by atoms with E-state index < -0.39 is 0 Å². The van der Waals surface area contributed by atoms with E-state index in [9.17, 15) is 4.79 Å². The van der Waals surface area contributed by atoms with Gasteiger partial charge in [0, 0.05) is 18.7 Å². The summed E-state index contributed by atoms with van der Waals surface area (Å²) in [6.07, 6.45) is 1.60. The molecule has 0 saturated carbocycles. The van der Waals surface area contributed by atoms with Crippen LogP contribution in [0.2, 0.25) is 0 Å². The van der Waals surface area contributed by atoms with Gasteiger partial charge in [0.05, 0.1) is 17.6 Å². The lowest BCUT2D eigenvalue weighted by molar-refractivity contribution is 0.642. The van der Waals surface area contributed by atoms with E-state index in [4.69, 9.17) is 12.2 Å². The van der Waals surface area contributed by atoms with E-state index in [1.165, 1.54) is 0 Å². The van der Waals surface area contributed by atoms with Gasteiger partial charge in [-0.25, -0.2) is 4.68 Å². The van der Waals surface area contributed by atoms with Gasteiger partial charge in [-0.1, -0.05) is 18.2 Å². The second kappa shape index (κ2) is 7.23. The van der Waals surface area contributed by atoms with Gasteiger partial charge in [0.1, 0.15) is 0 Å². The van der Waals surface area contributed by atoms with Gasteiger partial charge in [-0.2, -0.15) is 5.10 Å². The Labute approximate surface area is 140 Å². The van der Waals surface area contributed by atoms with Crippen LogP contribution in [0.25, 0.3) is 5.69 Å². The minimum atomic E-state index is -0.0666. The van der Waals surface area contributed by atoms with Crippen molar-refractivity contribution in [3.05, 3.63) is 51.9 Å². The number of hydrazone groups is 1. The maximum Gasteiger partial charge on any atom is 0.274 e. The van der Waals surface area contributed by atoms with Crippen LogP contribution in [0, 0.1) is 6.92 Å². The SMILES string of the molecule is Cc1c(/C=N\NC(=S)NC(C)C)n(C)n(-c2ccccc2)c1=O. The lowest BCUT2D eigenvalue weighted by atomic mass is 10.3. The van der Waals surface area contributed by atoms with Gasteiger partial charge in [0.25, 0.3) is 5.56 Å². The number of thiocarbonyl (C=S) groups is 1. The highest BCUT2D eigenvalue weighted by atomic mass is 32.1. The molecule has 2 N–H and O–H groups in total. The highest BCUT2D eigenvalue weighted by Gasteiger charge is 2.13. The quantitative estimate of drug-likeness (QED) is 0.508. The first kappa shape index (κ1) is 17.0. The van der Waals surface area contributed by atoms with Crippen molar-refractivity contribution in [1.82, 2.24) is 20.1 Å². The molecule has 0 saturated heterocycles. The molecule has 0 aliphatic carbocycles. The van der Waals surface area contributed by atoms with Crippen LogP contribution in [0.3, 0.4) is 0 Å². The molecule has 0 aliphatic rings. The second-order valence-corrected chi connectivity index (χ2v) is 5.89. The molecule has 0 unspecified atom stereocenters. The van der Waals surface area contributed by atoms with E-state index in [1.54, 1.807) is 22.5 Å². The van der Waals surface area contributed by atoms with Gasteiger partial charge in [0.2, 0.25) is 0 Å². The van der Waals surface area contributed by atoms with Gasteiger partial charge >= 0.3 is 0 Å². The Morgan fingerprint density at radius 3 is 2.57 bits per heavy atom. The van der Waals surface area contributed by atoms with Crippen molar-refractivity contribution in [2.45, 2.75) is 26.8 Å². The summed E-state index contributed by atoms with van der Waals surface area (Å²) >= 11 is 5.11. The largest absolute Gasteiger partial charge is 0.359 e. The molecule has 0 fully saturated rings. The van der Waals surface area contributed by atoms with Gasteiger partial charge in [-0.15, -0.1) is 0 Å². The molecule has 0 amide bonds. The van der Waals surface area contributed by atoms with Crippen LogP contribution in [-0.2, 0) is 7.05 Å². The third kappa shape index (κ3) is 3.87. The number of nitrogens with one attached hydrogen (secondary N) is 2. The number of rotatable bonds is 4. The first-order chi connectivity index (χ1) is 10.9. The molecule has 2 rings (SSSR count). The van der Waals surface area contributed by atoms with E-state index in [0.29, 0.717) is 10.7 Å². The number of aromatic nitrogens is 2. The Morgan fingerprint density at radius 2 is 1.96 bits per heavy atom. The van der Waals surface area contributed by atoms with Gasteiger partial charge < -0.3 is 5.32 Å². The first-order valence-corrected chi connectivity index (χ1v) is 7.76. The first-order valence-electron chi connectivity index (χ1n) is 7.35.